The van der Waals surface area contributed by atoms with Gasteiger partial charge in [0.05, 0.1) is 0 Å². The molecule has 15 heavy (non-hydrogen) atoms. The van der Waals surface area contributed by atoms with Crippen molar-refractivity contribution in [2.75, 3.05) is 18.4 Å². The van der Waals surface area contributed by atoms with Gasteiger partial charge >= 0.3 is 0 Å². The molecule has 1 aromatic rings. The number of nitrogens with one attached hydrogen (secondary N) is 1. The molecule has 0 spiro atoms. The predicted octanol–water partition coefficient (Wildman–Crippen LogP) is 3.15. The van der Waals surface area contributed by atoms with Gasteiger partial charge in [0.15, 0.2) is 0 Å². The van der Waals surface area contributed by atoms with Crippen molar-refractivity contribution in [2.45, 2.75) is 20.3 Å². The van der Waals surface area contributed by atoms with Crippen molar-refractivity contribution in [3.05, 3.63) is 28.2 Å². The van der Waals surface area contributed by atoms with Crippen molar-refractivity contribution in [2.24, 2.45) is 11.7 Å². The molecule has 0 heterocycles. The molecule has 2 nitrogen and oxygen atoms in total. The van der Waals surface area contributed by atoms with Crippen LogP contribution in [0.2, 0.25) is 0 Å². The molecule has 0 saturated heterocycles. The Morgan fingerprint density at radius 1 is 1.47 bits per heavy atom. The first-order valence-electron chi connectivity index (χ1n) is 5.33. The third kappa shape index (κ3) is 4.22. The Morgan fingerprint density at radius 2 is 2.20 bits per heavy atom. The summed E-state index contributed by atoms with van der Waals surface area (Å²) in [5.41, 5.74) is 8.00. The van der Waals surface area contributed by atoms with E-state index < -0.39 is 0 Å². The topological polar surface area (TPSA) is 38.0 Å². The van der Waals surface area contributed by atoms with Gasteiger partial charge < -0.3 is 11.1 Å². The number of anilines is 1. The molecule has 0 aliphatic carbocycles. The highest BCUT2D eigenvalue weighted by Gasteiger charge is 1.99. The Hall–Kier alpha value is -0.540. The molecule has 1 unspecified atom stereocenters. The highest BCUT2D eigenvalue weighted by Crippen LogP contribution is 2.20. The lowest BCUT2D eigenvalue weighted by molar-refractivity contribution is 0.561. The van der Waals surface area contributed by atoms with Crippen molar-refractivity contribution in [3.8, 4) is 0 Å². The standard InChI is InChI=1S/C12H19BrN2/c1-9(8-14)5-6-15-11-3-4-12(13)10(2)7-11/h3-4,7,9,15H,5-6,8,14H2,1-2H3. The van der Waals surface area contributed by atoms with E-state index in [2.05, 4.69) is 53.3 Å². The molecule has 0 aromatic heterocycles. The number of benzene rings is 1. The monoisotopic (exact) mass is 270 g/mol. The minimum atomic E-state index is 0.592. The molecule has 0 amide bonds. The van der Waals surface area contributed by atoms with Crippen LogP contribution in [0.15, 0.2) is 22.7 Å². The Bertz CT molecular complexity index is 312. The Labute approximate surface area is 100 Å². The second-order valence-corrected chi connectivity index (χ2v) is 4.87. The van der Waals surface area contributed by atoms with E-state index in [4.69, 9.17) is 5.73 Å². The second kappa shape index (κ2) is 6.13. The van der Waals surface area contributed by atoms with Crippen LogP contribution in [0.5, 0.6) is 0 Å². The fourth-order valence-electron chi connectivity index (χ4n) is 1.34. The first-order chi connectivity index (χ1) is 7.13. The molecule has 0 saturated carbocycles. The van der Waals surface area contributed by atoms with Gasteiger partial charge in [-0.25, -0.2) is 0 Å². The van der Waals surface area contributed by atoms with Crippen molar-refractivity contribution in [1.29, 1.82) is 0 Å². The zero-order valence-electron chi connectivity index (χ0n) is 9.39. The van der Waals surface area contributed by atoms with Crippen LogP contribution in [0.3, 0.4) is 0 Å². The average Bonchev–Trinajstić information content (AvgIpc) is 2.23. The third-order valence-corrected chi connectivity index (χ3v) is 3.42. The van der Waals surface area contributed by atoms with Gasteiger partial charge in [-0.15, -0.1) is 0 Å². The van der Waals surface area contributed by atoms with E-state index in [-0.39, 0.29) is 0 Å². The summed E-state index contributed by atoms with van der Waals surface area (Å²) < 4.78 is 1.16. The van der Waals surface area contributed by atoms with Crippen LogP contribution in [0, 0.1) is 12.8 Å². The summed E-state index contributed by atoms with van der Waals surface area (Å²) in [6.07, 6.45) is 1.12. The van der Waals surface area contributed by atoms with Crippen LogP contribution in [0.4, 0.5) is 5.69 Å². The van der Waals surface area contributed by atoms with E-state index in [1.807, 2.05) is 0 Å². The van der Waals surface area contributed by atoms with Gasteiger partial charge in [-0.2, -0.15) is 0 Å². The minimum Gasteiger partial charge on any atom is -0.385 e. The van der Waals surface area contributed by atoms with Crippen molar-refractivity contribution >= 4 is 21.6 Å². The third-order valence-electron chi connectivity index (χ3n) is 2.53. The molecule has 0 aliphatic rings. The van der Waals surface area contributed by atoms with E-state index in [0.29, 0.717) is 5.92 Å². The molecule has 0 bridgehead atoms. The summed E-state index contributed by atoms with van der Waals surface area (Å²) in [4.78, 5) is 0. The zero-order valence-corrected chi connectivity index (χ0v) is 11.0. The number of nitrogens with two attached hydrogens (primary N) is 1. The van der Waals surface area contributed by atoms with E-state index >= 15 is 0 Å². The molecule has 0 fully saturated rings. The molecule has 3 heteroatoms. The smallest absolute Gasteiger partial charge is 0.0343 e. The number of hydrogen-bond acceptors (Lipinski definition) is 2. The van der Waals surface area contributed by atoms with Crippen LogP contribution in [0.1, 0.15) is 18.9 Å². The molecular weight excluding hydrogens is 252 g/mol. The fourth-order valence-corrected chi connectivity index (χ4v) is 1.58. The van der Waals surface area contributed by atoms with Crippen molar-refractivity contribution in [1.82, 2.24) is 0 Å². The maximum Gasteiger partial charge on any atom is 0.0343 e. The summed E-state index contributed by atoms with van der Waals surface area (Å²) >= 11 is 3.49. The van der Waals surface area contributed by atoms with Crippen LogP contribution < -0.4 is 11.1 Å². The Balaban J connectivity index is 2.41. The molecule has 84 valence electrons. The van der Waals surface area contributed by atoms with Crippen LogP contribution >= 0.6 is 15.9 Å². The number of aryl methyl sites for hydroxylation is 1. The zero-order chi connectivity index (χ0) is 11.3. The molecule has 1 rings (SSSR count). The minimum absolute atomic E-state index is 0.592. The summed E-state index contributed by atoms with van der Waals surface area (Å²) in [7, 11) is 0. The van der Waals surface area contributed by atoms with Crippen LogP contribution in [-0.2, 0) is 0 Å². The summed E-state index contributed by atoms with van der Waals surface area (Å²) in [5, 5.41) is 3.40. The largest absolute Gasteiger partial charge is 0.385 e. The molecular formula is C12H19BrN2. The highest BCUT2D eigenvalue weighted by molar-refractivity contribution is 9.10. The summed E-state index contributed by atoms with van der Waals surface area (Å²) in [6, 6.07) is 6.31. The van der Waals surface area contributed by atoms with Crippen molar-refractivity contribution in [3.63, 3.8) is 0 Å². The van der Waals surface area contributed by atoms with Gasteiger partial charge in [0.2, 0.25) is 0 Å². The maximum atomic E-state index is 5.56. The fraction of sp³-hybridized carbons (Fsp3) is 0.500. The average molecular weight is 271 g/mol. The Morgan fingerprint density at radius 3 is 2.80 bits per heavy atom. The second-order valence-electron chi connectivity index (χ2n) is 4.02. The van der Waals surface area contributed by atoms with Crippen LogP contribution in [0.25, 0.3) is 0 Å². The summed E-state index contributed by atoms with van der Waals surface area (Å²) in [6.45, 7) is 6.02. The number of rotatable bonds is 5. The normalized spacial score (nSPS) is 12.5. The first kappa shape index (κ1) is 12.5. The van der Waals surface area contributed by atoms with Gasteiger partial charge in [-0.3, -0.25) is 0 Å². The van der Waals surface area contributed by atoms with Gasteiger partial charge in [-0.05, 0) is 49.6 Å². The lowest BCUT2D eigenvalue weighted by Crippen LogP contribution is -2.14. The van der Waals surface area contributed by atoms with E-state index in [1.54, 1.807) is 0 Å². The predicted molar refractivity (Wildman–Crippen MR) is 70.2 cm³/mol. The SMILES string of the molecule is Cc1cc(NCCC(C)CN)ccc1Br. The lowest BCUT2D eigenvalue weighted by Gasteiger charge is -2.11. The Kier molecular flexibility index (Phi) is 5.12. The molecule has 3 N–H and O–H groups in total. The maximum absolute atomic E-state index is 5.56. The van der Waals surface area contributed by atoms with Crippen LogP contribution in [-0.4, -0.2) is 13.1 Å². The van der Waals surface area contributed by atoms with Crippen molar-refractivity contribution < 1.29 is 0 Å². The lowest BCUT2D eigenvalue weighted by atomic mass is 10.1. The molecule has 1 aromatic carbocycles. The summed E-state index contributed by atoms with van der Waals surface area (Å²) in [5.74, 6) is 0.592. The molecule has 1 atom stereocenters. The molecule has 0 aliphatic heterocycles. The van der Waals surface area contributed by atoms with E-state index in [1.165, 1.54) is 11.3 Å². The van der Waals surface area contributed by atoms with Gasteiger partial charge in [0.1, 0.15) is 0 Å². The van der Waals surface area contributed by atoms with E-state index in [9.17, 15) is 0 Å². The molecule has 0 radical (unpaired) electrons. The highest BCUT2D eigenvalue weighted by atomic mass is 79.9. The van der Waals surface area contributed by atoms with Gasteiger partial charge in [-0.1, -0.05) is 22.9 Å². The van der Waals surface area contributed by atoms with Gasteiger partial charge in [0, 0.05) is 16.7 Å². The quantitative estimate of drug-likeness (QED) is 0.863. The first-order valence-corrected chi connectivity index (χ1v) is 6.13. The number of halogens is 1. The van der Waals surface area contributed by atoms with Gasteiger partial charge in [0.25, 0.3) is 0 Å². The van der Waals surface area contributed by atoms with E-state index in [0.717, 1.165) is 24.0 Å². The number of hydrogen-bond donors (Lipinski definition) is 2.